The number of rotatable bonds is 3. The zero-order chi connectivity index (χ0) is 22.4. The summed E-state index contributed by atoms with van der Waals surface area (Å²) in [6.07, 6.45) is 3.41. The molecule has 6 heteroatoms. The number of para-hydroxylation sites is 1. The average Bonchev–Trinajstić information content (AvgIpc) is 3.22. The van der Waals surface area contributed by atoms with Crippen LogP contribution >= 0.6 is 23.2 Å². The molecule has 2 aromatic heterocycles. The average molecular weight is 464 g/mol. The maximum atomic E-state index is 12.2. The van der Waals surface area contributed by atoms with Gasteiger partial charge in [0.1, 0.15) is 11.5 Å². The Morgan fingerprint density at radius 1 is 1.09 bits per heavy atom. The first-order chi connectivity index (χ1) is 15.4. The third-order valence-electron chi connectivity index (χ3n) is 5.79. The monoisotopic (exact) mass is 463 g/mol. The number of benzene rings is 2. The van der Waals surface area contributed by atoms with Crippen LogP contribution in [-0.4, -0.2) is 16.1 Å². The Morgan fingerprint density at radius 3 is 2.72 bits per heavy atom. The normalized spacial score (nSPS) is 17.0. The van der Waals surface area contributed by atoms with Crippen molar-refractivity contribution in [3.05, 3.63) is 87.2 Å². The van der Waals surface area contributed by atoms with Gasteiger partial charge in [-0.1, -0.05) is 54.4 Å². The van der Waals surface area contributed by atoms with Crippen LogP contribution in [0.25, 0.3) is 33.9 Å². The molecule has 0 amide bonds. The van der Waals surface area contributed by atoms with Gasteiger partial charge in [-0.2, -0.15) is 0 Å². The maximum Gasteiger partial charge on any atom is 0.336 e. The molecule has 0 aliphatic heterocycles. The second kappa shape index (κ2) is 8.12. The number of furan rings is 1. The van der Waals surface area contributed by atoms with Crippen LogP contribution in [0.4, 0.5) is 0 Å². The molecule has 1 N–H and O–H groups in total. The highest BCUT2D eigenvalue weighted by Crippen LogP contribution is 2.39. The van der Waals surface area contributed by atoms with Crippen molar-refractivity contribution in [1.29, 1.82) is 0 Å². The van der Waals surface area contributed by atoms with Gasteiger partial charge >= 0.3 is 5.97 Å². The molecular formula is C26H19Cl2NO3. The molecule has 1 aliphatic carbocycles. The summed E-state index contributed by atoms with van der Waals surface area (Å²) in [6.45, 7) is 2.12. The number of carboxylic acids is 1. The standard InChI is InChI=1S/C26H19Cl2NO3/c1-14-11-15(13-16-9-10-22(32-16)18-6-4-7-20(27)24(18)28)25-19(12-14)23(26(30)31)17-5-2-3-8-21(17)29-25/h2-10,13-14H,11-12H2,1H3,(H,30,31)/b15-13-. The van der Waals surface area contributed by atoms with Crippen LogP contribution < -0.4 is 0 Å². The summed E-state index contributed by atoms with van der Waals surface area (Å²) in [5.74, 6) is 0.625. The first-order valence-electron chi connectivity index (χ1n) is 10.3. The summed E-state index contributed by atoms with van der Waals surface area (Å²) < 4.78 is 6.06. The molecule has 0 radical (unpaired) electrons. The van der Waals surface area contributed by atoms with Gasteiger partial charge in [-0.15, -0.1) is 0 Å². The molecule has 5 rings (SSSR count). The van der Waals surface area contributed by atoms with Crippen molar-refractivity contribution in [2.45, 2.75) is 19.8 Å². The van der Waals surface area contributed by atoms with Crippen LogP contribution in [0.3, 0.4) is 0 Å². The van der Waals surface area contributed by atoms with Gasteiger partial charge in [-0.25, -0.2) is 9.78 Å². The maximum absolute atomic E-state index is 12.2. The molecule has 1 unspecified atom stereocenters. The smallest absolute Gasteiger partial charge is 0.336 e. The molecule has 1 atom stereocenters. The Balaban J connectivity index is 1.64. The number of carbonyl (C=O) groups is 1. The van der Waals surface area contributed by atoms with Gasteiger partial charge < -0.3 is 9.52 Å². The highest BCUT2D eigenvalue weighted by Gasteiger charge is 2.28. The second-order valence-corrected chi connectivity index (χ2v) is 8.91. The largest absolute Gasteiger partial charge is 0.478 e. The van der Waals surface area contributed by atoms with E-state index >= 15 is 0 Å². The van der Waals surface area contributed by atoms with Crippen LogP contribution in [-0.2, 0) is 6.42 Å². The van der Waals surface area contributed by atoms with Crippen molar-refractivity contribution >= 4 is 51.7 Å². The molecule has 0 spiro atoms. The number of carboxylic acid groups (broad SMARTS) is 1. The Kier molecular flexibility index (Phi) is 5.28. The van der Waals surface area contributed by atoms with E-state index in [4.69, 9.17) is 32.6 Å². The molecule has 32 heavy (non-hydrogen) atoms. The molecule has 0 fully saturated rings. The zero-order valence-corrected chi connectivity index (χ0v) is 18.7. The van der Waals surface area contributed by atoms with Gasteiger partial charge in [0, 0.05) is 10.9 Å². The fourth-order valence-corrected chi connectivity index (χ4v) is 4.81. The number of halogens is 2. The van der Waals surface area contributed by atoms with Crippen LogP contribution in [0, 0.1) is 5.92 Å². The lowest BCUT2D eigenvalue weighted by Crippen LogP contribution is -2.17. The zero-order valence-electron chi connectivity index (χ0n) is 17.2. The number of hydrogen-bond acceptors (Lipinski definition) is 3. The summed E-state index contributed by atoms with van der Waals surface area (Å²) in [7, 11) is 0. The van der Waals surface area contributed by atoms with Crippen molar-refractivity contribution in [2.24, 2.45) is 5.92 Å². The first-order valence-corrected chi connectivity index (χ1v) is 11.1. The minimum absolute atomic E-state index is 0.284. The fourth-order valence-electron chi connectivity index (χ4n) is 4.42. The van der Waals surface area contributed by atoms with Gasteiger partial charge in [0.2, 0.25) is 0 Å². The highest BCUT2D eigenvalue weighted by molar-refractivity contribution is 6.43. The summed E-state index contributed by atoms with van der Waals surface area (Å²) in [5, 5.41) is 11.6. The minimum Gasteiger partial charge on any atom is -0.478 e. The number of pyridine rings is 1. The summed E-state index contributed by atoms with van der Waals surface area (Å²) in [4.78, 5) is 17.0. The van der Waals surface area contributed by atoms with Crippen molar-refractivity contribution in [3.63, 3.8) is 0 Å². The lowest BCUT2D eigenvalue weighted by molar-refractivity contribution is 0.0697. The number of aromatic nitrogens is 1. The molecule has 4 nitrogen and oxygen atoms in total. The molecule has 0 saturated carbocycles. The molecule has 4 aromatic rings. The van der Waals surface area contributed by atoms with E-state index in [1.54, 1.807) is 6.07 Å². The van der Waals surface area contributed by atoms with Gasteiger partial charge in [0.15, 0.2) is 0 Å². The Morgan fingerprint density at radius 2 is 1.91 bits per heavy atom. The number of fused-ring (bicyclic) bond motifs is 2. The van der Waals surface area contributed by atoms with Crippen LogP contribution in [0.2, 0.25) is 10.0 Å². The summed E-state index contributed by atoms with van der Waals surface area (Å²) >= 11 is 12.5. The van der Waals surface area contributed by atoms with E-state index in [-0.39, 0.29) is 5.92 Å². The summed E-state index contributed by atoms with van der Waals surface area (Å²) in [5.41, 5.74) is 4.22. The number of allylic oxidation sites excluding steroid dienone is 1. The number of aromatic carboxylic acids is 1. The van der Waals surface area contributed by atoms with E-state index in [0.717, 1.165) is 28.8 Å². The van der Waals surface area contributed by atoms with Gasteiger partial charge in [-0.05, 0) is 66.3 Å². The van der Waals surface area contributed by atoms with E-state index in [1.165, 1.54) is 0 Å². The number of nitrogens with zero attached hydrogens (tertiary/aromatic N) is 1. The van der Waals surface area contributed by atoms with Gasteiger partial charge in [0.25, 0.3) is 0 Å². The highest BCUT2D eigenvalue weighted by atomic mass is 35.5. The predicted octanol–water partition coefficient (Wildman–Crippen LogP) is 7.62. The van der Waals surface area contributed by atoms with Crippen LogP contribution in [0.15, 0.2) is 59.0 Å². The summed E-state index contributed by atoms with van der Waals surface area (Å²) in [6, 6.07) is 16.5. The lowest BCUT2D eigenvalue weighted by Gasteiger charge is -2.25. The van der Waals surface area contributed by atoms with E-state index in [1.807, 2.05) is 54.6 Å². The van der Waals surface area contributed by atoms with Gasteiger partial charge in [0.05, 0.1) is 26.8 Å². The third-order valence-corrected chi connectivity index (χ3v) is 6.61. The van der Waals surface area contributed by atoms with E-state index in [0.29, 0.717) is 44.5 Å². The molecule has 0 saturated heterocycles. The Labute approximate surface area is 195 Å². The second-order valence-electron chi connectivity index (χ2n) is 8.12. The van der Waals surface area contributed by atoms with Crippen LogP contribution in [0.5, 0.6) is 0 Å². The molecule has 2 heterocycles. The topological polar surface area (TPSA) is 63.3 Å². The molecule has 160 valence electrons. The van der Waals surface area contributed by atoms with E-state index in [2.05, 4.69) is 6.92 Å². The molecular weight excluding hydrogens is 445 g/mol. The Bertz CT molecular complexity index is 1400. The quantitative estimate of drug-likeness (QED) is 0.339. The predicted molar refractivity (Wildman–Crippen MR) is 128 cm³/mol. The number of hydrogen-bond donors (Lipinski definition) is 1. The van der Waals surface area contributed by atoms with Crippen molar-refractivity contribution in [3.8, 4) is 11.3 Å². The molecule has 2 aromatic carbocycles. The van der Waals surface area contributed by atoms with Gasteiger partial charge in [-0.3, -0.25) is 0 Å². The first kappa shape index (κ1) is 20.8. The molecule has 0 bridgehead atoms. The van der Waals surface area contributed by atoms with Crippen molar-refractivity contribution < 1.29 is 14.3 Å². The Hall–Kier alpha value is -3.08. The lowest BCUT2D eigenvalue weighted by atomic mass is 9.81. The van der Waals surface area contributed by atoms with Crippen molar-refractivity contribution in [1.82, 2.24) is 4.98 Å². The SMILES string of the molecule is CC1C/C(=C/c2ccc(-c3cccc(Cl)c3Cl)o2)c2nc3ccccc3c(C(=O)O)c2C1. The van der Waals surface area contributed by atoms with Crippen molar-refractivity contribution in [2.75, 3.05) is 0 Å². The molecule has 1 aliphatic rings. The third kappa shape index (κ3) is 3.60. The van der Waals surface area contributed by atoms with E-state index in [9.17, 15) is 9.90 Å². The van der Waals surface area contributed by atoms with Crippen LogP contribution in [0.1, 0.15) is 40.7 Å². The minimum atomic E-state index is -0.927. The van der Waals surface area contributed by atoms with E-state index < -0.39 is 5.97 Å². The fraction of sp³-hybridized carbons (Fsp3) is 0.154.